The molecule has 5 aromatic rings. The molecule has 0 saturated heterocycles. The molecule has 0 saturated carbocycles. The second-order valence-corrected chi connectivity index (χ2v) is 11.3. The third kappa shape index (κ3) is 3.30. The van der Waals surface area contributed by atoms with Crippen molar-refractivity contribution < 1.29 is 0 Å². The van der Waals surface area contributed by atoms with Crippen LogP contribution < -0.4 is 5.32 Å². The molecule has 0 aliphatic heterocycles. The Labute approximate surface area is 202 Å². The van der Waals surface area contributed by atoms with Crippen molar-refractivity contribution in [3.8, 4) is 11.1 Å². The Bertz CT molecular complexity index is 1560. The highest BCUT2D eigenvalue weighted by Crippen LogP contribution is 2.51. The minimum absolute atomic E-state index is 0.0187. The van der Waals surface area contributed by atoms with Gasteiger partial charge in [0.15, 0.2) is 0 Å². The van der Waals surface area contributed by atoms with Crippen molar-refractivity contribution >= 4 is 32.9 Å². The molecule has 6 rings (SSSR count). The van der Waals surface area contributed by atoms with E-state index in [0.717, 1.165) is 11.4 Å². The summed E-state index contributed by atoms with van der Waals surface area (Å²) in [7, 11) is 0. The van der Waals surface area contributed by atoms with Gasteiger partial charge in [-0.25, -0.2) is 0 Å². The van der Waals surface area contributed by atoms with Gasteiger partial charge in [-0.15, -0.1) is 0 Å². The molecule has 34 heavy (non-hydrogen) atoms. The lowest BCUT2D eigenvalue weighted by Crippen LogP contribution is -2.14. The van der Waals surface area contributed by atoms with Crippen LogP contribution in [-0.2, 0) is 10.8 Å². The minimum Gasteiger partial charge on any atom is -0.356 e. The Morgan fingerprint density at radius 1 is 0.559 bits per heavy atom. The van der Waals surface area contributed by atoms with Gasteiger partial charge in [-0.1, -0.05) is 77.1 Å². The van der Waals surface area contributed by atoms with Crippen LogP contribution in [0.5, 0.6) is 0 Å². The molecule has 0 atom stereocenters. The van der Waals surface area contributed by atoms with E-state index < -0.39 is 0 Å². The monoisotopic (exact) mass is 441 g/mol. The SMILES string of the molecule is CC(C)(C)c1ccc(Nc2ccc3cc4c(cc3c2)C(C)(C)c2cc3ccccc3cc2-4)cc1. The molecular weight excluding hydrogens is 410 g/mol. The quantitative estimate of drug-likeness (QED) is 0.288. The van der Waals surface area contributed by atoms with E-state index in [1.807, 2.05) is 0 Å². The summed E-state index contributed by atoms with van der Waals surface area (Å²) < 4.78 is 0. The van der Waals surface area contributed by atoms with E-state index in [9.17, 15) is 0 Å². The molecule has 1 aliphatic rings. The van der Waals surface area contributed by atoms with Gasteiger partial charge in [-0.05, 0) is 103 Å². The van der Waals surface area contributed by atoms with Crippen LogP contribution in [0, 0.1) is 0 Å². The van der Waals surface area contributed by atoms with Crippen LogP contribution in [0.1, 0.15) is 51.3 Å². The highest BCUT2D eigenvalue weighted by molar-refractivity contribution is 5.98. The molecule has 0 aromatic heterocycles. The topological polar surface area (TPSA) is 12.0 Å². The normalized spacial score (nSPS) is 14.3. The van der Waals surface area contributed by atoms with Gasteiger partial charge in [0, 0.05) is 16.8 Å². The zero-order valence-corrected chi connectivity index (χ0v) is 20.7. The fourth-order valence-electron chi connectivity index (χ4n) is 5.46. The molecule has 5 aromatic carbocycles. The number of hydrogen-bond acceptors (Lipinski definition) is 1. The first-order chi connectivity index (χ1) is 16.2. The van der Waals surface area contributed by atoms with Crippen molar-refractivity contribution in [2.75, 3.05) is 5.32 Å². The molecule has 0 radical (unpaired) electrons. The maximum Gasteiger partial charge on any atom is 0.0390 e. The summed E-state index contributed by atoms with van der Waals surface area (Å²) in [6, 6.07) is 33.8. The Hall–Kier alpha value is -3.58. The first-order valence-corrected chi connectivity index (χ1v) is 12.2. The summed E-state index contributed by atoms with van der Waals surface area (Å²) in [6.07, 6.45) is 0. The van der Waals surface area contributed by atoms with E-state index in [1.165, 1.54) is 49.4 Å². The number of hydrogen-bond donors (Lipinski definition) is 1. The zero-order chi connectivity index (χ0) is 23.7. The highest BCUT2D eigenvalue weighted by atomic mass is 14.9. The van der Waals surface area contributed by atoms with E-state index in [1.54, 1.807) is 0 Å². The Balaban J connectivity index is 1.40. The van der Waals surface area contributed by atoms with Gasteiger partial charge in [0.2, 0.25) is 0 Å². The third-order valence-electron chi connectivity index (χ3n) is 7.54. The van der Waals surface area contributed by atoms with Gasteiger partial charge in [-0.2, -0.15) is 0 Å². The second-order valence-electron chi connectivity index (χ2n) is 11.3. The summed E-state index contributed by atoms with van der Waals surface area (Å²) in [5.74, 6) is 0. The molecular formula is C33H31N. The first-order valence-electron chi connectivity index (χ1n) is 12.2. The van der Waals surface area contributed by atoms with Crippen molar-refractivity contribution in [3.05, 3.63) is 108 Å². The molecule has 1 nitrogen and oxygen atoms in total. The van der Waals surface area contributed by atoms with Crippen LogP contribution >= 0.6 is 0 Å². The molecule has 1 N–H and O–H groups in total. The molecule has 0 spiro atoms. The summed E-state index contributed by atoms with van der Waals surface area (Å²) in [5.41, 5.74) is 9.32. The highest BCUT2D eigenvalue weighted by Gasteiger charge is 2.35. The van der Waals surface area contributed by atoms with Crippen LogP contribution in [-0.4, -0.2) is 0 Å². The fourth-order valence-corrected chi connectivity index (χ4v) is 5.46. The maximum absolute atomic E-state index is 3.60. The van der Waals surface area contributed by atoms with Gasteiger partial charge in [0.05, 0.1) is 0 Å². The number of rotatable bonds is 2. The smallest absolute Gasteiger partial charge is 0.0390 e. The standard InChI is InChI=1S/C33H31N/c1-32(2,3)25-11-14-26(15-12-25)34-27-13-10-23-18-29-28-17-21-8-6-7-9-22(21)19-30(28)33(4,5)31(29)20-24(23)16-27/h6-20,34H,1-5H3. The fraction of sp³-hybridized carbons (Fsp3) is 0.212. The van der Waals surface area contributed by atoms with Gasteiger partial charge in [-0.3, -0.25) is 0 Å². The van der Waals surface area contributed by atoms with Gasteiger partial charge in [0.1, 0.15) is 0 Å². The molecule has 1 aliphatic carbocycles. The predicted molar refractivity (Wildman–Crippen MR) is 147 cm³/mol. The van der Waals surface area contributed by atoms with E-state index in [0.29, 0.717) is 0 Å². The van der Waals surface area contributed by atoms with Gasteiger partial charge >= 0.3 is 0 Å². The summed E-state index contributed by atoms with van der Waals surface area (Å²) >= 11 is 0. The molecule has 0 amide bonds. The summed E-state index contributed by atoms with van der Waals surface area (Å²) in [6.45, 7) is 11.5. The average molecular weight is 442 g/mol. The number of nitrogens with one attached hydrogen (secondary N) is 1. The number of fused-ring (bicyclic) bond motifs is 5. The predicted octanol–water partition coefficient (Wildman–Crippen LogP) is 9.34. The van der Waals surface area contributed by atoms with Crippen molar-refractivity contribution in [1.29, 1.82) is 0 Å². The minimum atomic E-state index is -0.0187. The largest absolute Gasteiger partial charge is 0.356 e. The molecule has 0 fully saturated rings. The second kappa shape index (κ2) is 7.21. The number of benzene rings is 5. The summed E-state index contributed by atoms with van der Waals surface area (Å²) in [5, 5.41) is 8.78. The first kappa shape index (κ1) is 21.0. The van der Waals surface area contributed by atoms with Crippen LogP contribution in [0.25, 0.3) is 32.7 Å². The maximum atomic E-state index is 3.60. The van der Waals surface area contributed by atoms with Crippen molar-refractivity contribution in [2.24, 2.45) is 0 Å². The molecule has 0 heterocycles. The van der Waals surface area contributed by atoms with Crippen LogP contribution in [0.4, 0.5) is 11.4 Å². The molecule has 0 bridgehead atoms. The third-order valence-corrected chi connectivity index (χ3v) is 7.54. The van der Waals surface area contributed by atoms with Crippen LogP contribution in [0.2, 0.25) is 0 Å². The van der Waals surface area contributed by atoms with Gasteiger partial charge in [0.25, 0.3) is 0 Å². The van der Waals surface area contributed by atoms with Gasteiger partial charge < -0.3 is 5.32 Å². The van der Waals surface area contributed by atoms with E-state index in [2.05, 4.69) is 131 Å². The van der Waals surface area contributed by atoms with Crippen molar-refractivity contribution in [3.63, 3.8) is 0 Å². The molecule has 168 valence electrons. The van der Waals surface area contributed by atoms with E-state index in [-0.39, 0.29) is 10.8 Å². The lowest BCUT2D eigenvalue weighted by atomic mass is 9.81. The summed E-state index contributed by atoms with van der Waals surface area (Å²) in [4.78, 5) is 0. The molecule has 1 heteroatoms. The van der Waals surface area contributed by atoms with Crippen molar-refractivity contribution in [1.82, 2.24) is 0 Å². The number of anilines is 2. The van der Waals surface area contributed by atoms with Crippen LogP contribution in [0.3, 0.4) is 0 Å². The zero-order valence-electron chi connectivity index (χ0n) is 20.7. The van der Waals surface area contributed by atoms with E-state index >= 15 is 0 Å². The van der Waals surface area contributed by atoms with E-state index in [4.69, 9.17) is 0 Å². The Morgan fingerprint density at radius 3 is 1.71 bits per heavy atom. The Kier molecular flexibility index (Phi) is 4.45. The van der Waals surface area contributed by atoms with Crippen molar-refractivity contribution in [2.45, 2.75) is 45.4 Å². The molecule has 0 unspecified atom stereocenters. The lowest BCUT2D eigenvalue weighted by molar-refractivity contribution is 0.590. The average Bonchev–Trinajstić information content (AvgIpc) is 3.02. The Morgan fingerprint density at radius 2 is 1.09 bits per heavy atom. The lowest BCUT2D eigenvalue weighted by Gasteiger charge is -2.22. The van der Waals surface area contributed by atoms with Crippen LogP contribution in [0.15, 0.2) is 91.0 Å².